The van der Waals surface area contributed by atoms with Crippen LogP contribution in [-0.2, 0) is 9.47 Å². The SMILES string of the molecule is Nc1cc(OCC2CCOCO2)c(Cl)cc1Cl. The summed E-state index contributed by atoms with van der Waals surface area (Å²) in [4.78, 5) is 0. The van der Waals surface area contributed by atoms with Gasteiger partial charge in [0.25, 0.3) is 0 Å². The molecule has 0 aliphatic carbocycles. The molecule has 0 amide bonds. The summed E-state index contributed by atoms with van der Waals surface area (Å²) in [5.41, 5.74) is 6.12. The zero-order chi connectivity index (χ0) is 12.3. The van der Waals surface area contributed by atoms with E-state index in [1.807, 2.05) is 0 Å². The van der Waals surface area contributed by atoms with Gasteiger partial charge in [0.1, 0.15) is 19.1 Å². The number of halogens is 2. The Labute approximate surface area is 110 Å². The monoisotopic (exact) mass is 277 g/mol. The van der Waals surface area contributed by atoms with Crippen LogP contribution in [0.25, 0.3) is 0 Å². The van der Waals surface area contributed by atoms with Crippen molar-refractivity contribution < 1.29 is 14.2 Å². The molecular weight excluding hydrogens is 265 g/mol. The molecule has 1 aromatic carbocycles. The van der Waals surface area contributed by atoms with E-state index in [0.717, 1.165) is 6.42 Å². The van der Waals surface area contributed by atoms with Gasteiger partial charge in [-0.3, -0.25) is 0 Å². The Hall–Kier alpha value is -0.680. The predicted molar refractivity (Wildman–Crippen MR) is 66.7 cm³/mol. The summed E-state index contributed by atoms with van der Waals surface area (Å²) in [7, 11) is 0. The third kappa shape index (κ3) is 3.39. The number of rotatable bonds is 3. The Morgan fingerprint density at radius 3 is 2.88 bits per heavy atom. The van der Waals surface area contributed by atoms with Gasteiger partial charge < -0.3 is 19.9 Å². The molecule has 1 aliphatic rings. The third-order valence-corrected chi connectivity index (χ3v) is 3.07. The number of nitrogen functional groups attached to an aromatic ring is 1. The van der Waals surface area contributed by atoms with Gasteiger partial charge in [0, 0.05) is 12.5 Å². The second kappa shape index (κ2) is 5.78. The van der Waals surface area contributed by atoms with E-state index in [-0.39, 0.29) is 6.10 Å². The van der Waals surface area contributed by atoms with E-state index in [1.165, 1.54) is 0 Å². The lowest BCUT2D eigenvalue weighted by Crippen LogP contribution is -2.29. The molecule has 0 spiro atoms. The first kappa shape index (κ1) is 12.8. The van der Waals surface area contributed by atoms with Crippen molar-refractivity contribution in [3.63, 3.8) is 0 Å². The van der Waals surface area contributed by atoms with Crippen LogP contribution in [0.2, 0.25) is 10.0 Å². The van der Waals surface area contributed by atoms with E-state index in [9.17, 15) is 0 Å². The number of anilines is 1. The van der Waals surface area contributed by atoms with Crippen LogP contribution >= 0.6 is 23.2 Å². The first-order chi connectivity index (χ1) is 8.16. The second-order valence-corrected chi connectivity index (χ2v) is 4.53. The molecule has 2 N–H and O–H groups in total. The lowest BCUT2D eigenvalue weighted by Gasteiger charge is -2.23. The average molecular weight is 278 g/mol. The molecule has 4 nitrogen and oxygen atoms in total. The minimum absolute atomic E-state index is 0.0247. The highest BCUT2D eigenvalue weighted by molar-refractivity contribution is 6.37. The maximum atomic E-state index is 5.99. The van der Waals surface area contributed by atoms with Crippen LogP contribution in [0.5, 0.6) is 5.75 Å². The van der Waals surface area contributed by atoms with Crippen LogP contribution in [0.15, 0.2) is 12.1 Å². The Balaban J connectivity index is 1.96. The van der Waals surface area contributed by atoms with Crippen molar-refractivity contribution in [2.75, 3.05) is 25.7 Å². The summed E-state index contributed by atoms with van der Waals surface area (Å²) in [5, 5.41) is 0.862. The van der Waals surface area contributed by atoms with Crippen LogP contribution in [-0.4, -0.2) is 26.1 Å². The molecule has 1 atom stereocenters. The molecule has 0 radical (unpaired) electrons. The predicted octanol–water partition coefficient (Wildman–Crippen LogP) is 2.72. The highest BCUT2D eigenvalue weighted by Crippen LogP contribution is 2.32. The molecule has 1 saturated heterocycles. The van der Waals surface area contributed by atoms with Crippen molar-refractivity contribution in [1.29, 1.82) is 0 Å². The summed E-state index contributed by atoms with van der Waals surface area (Å²) in [5.74, 6) is 0.517. The van der Waals surface area contributed by atoms with E-state index in [4.69, 9.17) is 43.1 Å². The van der Waals surface area contributed by atoms with E-state index >= 15 is 0 Å². The highest BCUT2D eigenvalue weighted by Gasteiger charge is 2.16. The molecule has 6 heteroatoms. The molecule has 17 heavy (non-hydrogen) atoms. The van der Waals surface area contributed by atoms with Crippen molar-refractivity contribution in [1.82, 2.24) is 0 Å². The first-order valence-electron chi connectivity index (χ1n) is 5.23. The third-order valence-electron chi connectivity index (χ3n) is 2.45. The van der Waals surface area contributed by atoms with Crippen LogP contribution in [0, 0.1) is 0 Å². The Kier molecular flexibility index (Phi) is 4.34. The van der Waals surface area contributed by atoms with Gasteiger partial charge in [-0.25, -0.2) is 0 Å². The Bertz CT molecular complexity index is 395. The van der Waals surface area contributed by atoms with Crippen LogP contribution < -0.4 is 10.5 Å². The van der Waals surface area contributed by atoms with Gasteiger partial charge in [-0.15, -0.1) is 0 Å². The summed E-state index contributed by atoms with van der Waals surface area (Å²) >= 11 is 11.8. The van der Waals surface area contributed by atoms with Crippen LogP contribution in [0.1, 0.15) is 6.42 Å². The fraction of sp³-hybridized carbons (Fsp3) is 0.455. The Morgan fingerprint density at radius 2 is 2.18 bits per heavy atom. The zero-order valence-corrected chi connectivity index (χ0v) is 10.6. The highest BCUT2D eigenvalue weighted by atomic mass is 35.5. The molecule has 2 rings (SSSR count). The van der Waals surface area contributed by atoms with Gasteiger partial charge in [0.15, 0.2) is 0 Å². The molecule has 1 aliphatic heterocycles. The molecule has 0 saturated carbocycles. The molecule has 94 valence electrons. The Morgan fingerprint density at radius 1 is 1.35 bits per heavy atom. The molecule has 1 aromatic rings. The number of nitrogens with two attached hydrogens (primary N) is 1. The average Bonchev–Trinajstić information content (AvgIpc) is 2.33. The van der Waals surface area contributed by atoms with Crippen molar-refractivity contribution in [3.8, 4) is 5.75 Å². The summed E-state index contributed by atoms with van der Waals surface area (Å²) in [6.45, 7) is 1.42. The van der Waals surface area contributed by atoms with Crippen molar-refractivity contribution in [2.24, 2.45) is 0 Å². The van der Waals surface area contributed by atoms with Gasteiger partial charge in [0.2, 0.25) is 0 Å². The van der Waals surface area contributed by atoms with Crippen molar-refractivity contribution in [3.05, 3.63) is 22.2 Å². The smallest absolute Gasteiger partial charge is 0.147 e. The summed E-state index contributed by atoms with van der Waals surface area (Å²) in [6, 6.07) is 3.18. The van der Waals surface area contributed by atoms with Gasteiger partial charge in [0.05, 0.1) is 28.4 Å². The molecular formula is C11H13Cl2NO3. The number of ether oxygens (including phenoxy) is 3. The minimum atomic E-state index is 0.0247. The summed E-state index contributed by atoms with van der Waals surface area (Å²) in [6.07, 6.45) is 0.831. The van der Waals surface area contributed by atoms with Gasteiger partial charge in [-0.05, 0) is 6.07 Å². The molecule has 0 bridgehead atoms. The van der Waals surface area contributed by atoms with Gasteiger partial charge >= 0.3 is 0 Å². The van der Waals surface area contributed by atoms with Crippen molar-refractivity contribution in [2.45, 2.75) is 12.5 Å². The molecule has 1 fully saturated rings. The lowest BCUT2D eigenvalue weighted by molar-refractivity contribution is -0.147. The van der Waals surface area contributed by atoms with Crippen LogP contribution in [0.4, 0.5) is 5.69 Å². The maximum absolute atomic E-state index is 5.99. The largest absolute Gasteiger partial charge is 0.489 e. The van der Waals surface area contributed by atoms with Crippen molar-refractivity contribution >= 4 is 28.9 Å². The maximum Gasteiger partial charge on any atom is 0.147 e. The van der Waals surface area contributed by atoms with E-state index < -0.39 is 0 Å². The van der Waals surface area contributed by atoms with E-state index in [1.54, 1.807) is 12.1 Å². The van der Waals surface area contributed by atoms with Gasteiger partial charge in [-0.1, -0.05) is 23.2 Å². The summed E-state index contributed by atoms with van der Waals surface area (Å²) < 4.78 is 16.0. The number of hydrogen-bond acceptors (Lipinski definition) is 4. The fourth-order valence-electron chi connectivity index (χ4n) is 1.47. The minimum Gasteiger partial charge on any atom is -0.489 e. The van der Waals surface area contributed by atoms with E-state index in [2.05, 4.69) is 0 Å². The topological polar surface area (TPSA) is 53.7 Å². The fourth-order valence-corrected chi connectivity index (χ4v) is 1.91. The van der Waals surface area contributed by atoms with Crippen LogP contribution in [0.3, 0.4) is 0 Å². The molecule has 1 unspecified atom stereocenters. The second-order valence-electron chi connectivity index (χ2n) is 3.72. The standard InChI is InChI=1S/C11H13Cl2NO3/c12-8-3-9(13)11(4-10(8)14)16-5-7-1-2-15-6-17-7/h3-4,7H,1-2,5-6,14H2. The number of benzene rings is 1. The lowest BCUT2D eigenvalue weighted by atomic mass is 10.2. The molecule has 0 aromatic heterocycles. The zero-order valence-electron chi connectivity index (χ0n) is 9.12. The first-order valence-corrected chi connectivity index (χ1v) is 5.99. The number of hydrogen-bond donors (Lipinski definition) is 1. The quantitative estimate of drug-likeness (QED) is 0.864. The normalized spacial score (nSPS) is 20.2. The van der Waals surface area contributed by atoms with E-state index in [0.29, 0.717) is 41.5 Å². The molecule has 1 heterocycles. The van der Waals surface area contributed by atoms with Gasteiger partial charge in [-0.2, -0.15) is 0 Å².